The first-order chi connectivity index (χ1) is 14.7. The number of carbonyl (C=O) groups excluding carboxylic acids is 1. The number of benzene rings is 2. The Morgan fingerprint density at radius 2 is 1.71 bits per heavy atom. The summed E-state index contributed by atoms with van der Waals surface area (Å²) in [7, 11) is -3.90. The molecule has 0 saturated carbocycles. The van der Waals surface area contributed by atoms with Gasteiger partial charge in [-0.15, -0.1) is 0 Å². The van der Waals surface area contributed by atoms with Gasteiger partial charge in [-0.3, -0.25) is 4.79 Å². The molecule has 1 amide bonds. The van der Waals surface area contributed by atoms with Gasteiger partial charge in [0.15, 0.2) is 0 Å². The van der Waals surface area contributed by atoms with Crippen molar-refractivity contribution in [2.24, 2.45) is 11.8 Å². The van der Waals surface area contributed by atoms with Crippen LogP contribution in [0, 0.1) is 17.7 Å². The van der Waals surface area contributed by atoms with Crippen molar-refractivity contribution in [3.63, 3.8) is 0 Å². The molecule has 168 valence electrons. The first-order valence-electron chi connectivity index (χ1n) is 10.9. The van der Waals surface area contributed by atoms with Gasteiger partial charge in [0.1, 0.15) is 10.7 Å². The SMILES string of the molecule is CCc1ccc(C(NC(=O)C2CCN(S(=O)(=O)c3ccccc3F)CC2)C(C)C)cc1. The van der Waals surface area contributed by atoms with E-state index in [4.69, 9.17) is 0 Å². The molecule has 1 saturated heterocycles. The number of nitrogens with one attached hydrogen (secondary N) is 1. The number of rotatable bonds is 7. The van der Waals surface area contributed by atoms with Crippen molar-refractivity contribution in [2.45, 2.75) is 51.0 Å². The summed E-state index contributed by atoms with van der Waals surface area (Å²) < 4.78 is 40.8. The minimum absolute atomic E-state index is 0.0544. The Morgan fingerprint density at radius 3 is 2.26 bits per heavy atom. The Bertz CT molecular complexity index is 998. The molecule has 1 aliphatic rings. The summed E-state index contributed by atoms with van der Waals surface area (Å²) in [6, 6.07) is 13.6. The number of halogens is 1. The molecule has 3 rings (SSSR count). The van der Waals surface area contributed by atoms with E-state index < -0.39 is 15.8 Å². The molecular weight excluding hydrogens is 415 g/mol. The van der Waals surface area contributed by atoms with Crippen LogP contribution in [0.25, 0.3) is 0 Å². The molecule has 0 aromatic heterocycles. The zero-order chi connectivity index (χ0) is 22.6. The summed E-state index contributed by atoms with van der Waals surface area (Å²) in [5.41, 5.74) is 2.32. The largest absolute Gasteiger partial charge is 0.349 e. The highest BCUT2D eigenvalue weighted by molar-refractivity contribution is 7.89. The Balaban J connectivity index is 1.64. The molecule has 5 nitrogen and oxygen atoms in total. The summed E-state index contributed by atoms with van der Waals surface area (Å²) in [5, 5.41) is 3.17. The van der Waals surface area contributed by atoms with Gasteiger partial charge in [-0.25, -0.2) is 12.8 Å². The van der Waals surface area contributed by atoms with E-state index in [1.807, 2.05) is 0 Å². The van der Waals surface area contributed by atoms with Crippen molar-refractivity contribution < 1.29 is 17.6 Å². The van der Waals surface area contributed by atoms with Crippen LogP contribution < -0.4 is 5.32 Å². The lowest BCUT2D eigenvalue weighted by Crippen LogP contribution is -2.44. The first kappa shape index (κ1) is 23.4. The maximum Gasteiger partial charge on any atom is 0.245 e. The molecule has 31 heavy (non-hydrogen) atoms. The number of nitrogens with zero attached hydrogens (tertiary/aromatic N) is 1. The van der Waals surface area contributed by atoms with Crippen molar-refractivity contribution in [3.8, 4) is 0 Å². The zero-order valence-corrected chi connectivity index (χ0v) is 19.2. The predicted molar refractivity (Wildman–Crippen MR) is 119 cm³/mol. The van der Waals surface area contributed by atoms with Crippen LogP contribution >= 0.6 is 0 Å². The summed E-state index contributed by atoms with van der Waals surface area (Å²) in [6.45, 7) is 6.65. The number of sulfonamides is 1. The number of amides is 1. The predicted octanol–water partition coefficient (Wildman–Crippen LogP) is 4.30. The number of hydrogen-bond acceptors (Lipinski definition) is 3. The molecule has 2 aromatic rings. The van der Waals surface area contributed by atoms with Crippen molar-refractivity contribution in [1.82, 2.24) is 9.62 Å². The average molecular weight is 447 g/mol. The Kier molecular flexibility index (Phi) is 7.49. The minimum atomic E-state index is -3.90. The van der Waals surface area contributed by atoms with Crippen molar-refractivity contribution in [3.05, 3.63) is 65.5 Å². The summed E-state index contributed by atoms with van der Waals surface area (Å²) >= 11 is 0. The molecule has 0 radical (unpaired) electrons. The van der Waals surface area contributed by atoms with Crippen LogP contribution in [0.4, 0.5) is 4.39 Å². The van der Waals surface area contributed by atoms with E-state index in [2.05, 4.69) is 50.4 Å². The van der Waals surface area contributed by atoms with Gasteiger partial charge < -0.3 is 5.32 Å². The Labute approximate surface area is 184 Å². The van der Waals surface area contributed by atoms with Crippen LogP contribution in [-0.2, 0) is 21.2 Å². The van der Waals surface area contributed by atoms with Crippen molar-refractivity contribution in [2.75, 3.05) is 13.1 Å². The van der Waals surface area contributed by atoms with Crippen LogP contribution in [0.3, 0.4) is 0 Å². The lowest BCUT2D eigenvalue weighted by Gasteiger charge is -2.32. The molecular formula is C24H31FN2O3S. The standard InChI is InChI=1S/C24H31FN2O3S/c1-4-18-9-11-19(12-10-18)23(17(2)3)26-24(28)20-13-15-27(16-14-20)31(29,30)22-8-6-5-7-21(22)25/h5-12,17,20,23H,4,13-16H2,1-3H3,(H,26,28). The van der Waals surface area contributed by atoms with E-state index in [1.54, 1.807) is 0 Å². The maximum absolute atomic E-state index is 14.0. The second kappa shape index (κ2) is 9.92. The average Bonchev–Trinajstić information content (AvgIpc) is 2.77. The fourth-order valence-corrected chi connectivity index (χ4v) is 5.55. The van der Waals surface area contributed by atoms with Gasteiger partial charge in [0.05, 0.1) is 6.04 Å². The maximum atomic E-state index is 14.0. The van der Waals surface area contributed by atoms with E-state index in [1.165, 1.54) is 28.1 Å². The van der Waals surface area contributed by atoms with Crippen LogP contribution in [-0.4, -0.2) is 31.7 Å². The molecule has 1 heterocycles. The lowest BCUT2D eigenvalue weighted by molar-refractivity contribution is -0.127. The third-order valence-corrected chi connectivity index (χ3v) is 7.92. The molecule has 2 aromatic carbocycles. The number of aryl methyl sites for hydroxylation is 1. The smallest absolute Gasteiger partial charge is 0.245 e. The Hall–Kier alpha value is -2.25. The van der Waals surface area contributed by atoms with E-state index >= 15 is 0 Å². The van der Waals surface area contributed by atoms with E-state index in [-0.39, 0.29) is 41.8 Å². The van der Waals surface area contributed by atoms with Crippen molar-refractivity contribution >= 4 is 15.9 Å². The van der Waals surface area contributed by atoms with Gasteiger partial charge >= 0.3 is 0 Å². The first-order valence-corrected chi connectivity index (χ1v) is 12.3. The number of carbonyl (C=O) groups is 1. The van der Waals surface area contributed by atoms with E-state index in [0.717, 1.165) is 18.1 Å². The second-order valence-corrected chi connectivity index (χ2v) is 10.3. The molecule has 0 spiro atoms. The lowest BCUT2D eigenvalue weighted by atomic mass is 9.92. The highest BCUT2D eigenvalue weighted by Gasteiger charge is 2.34. The molecule has 1 unspecified atom stereocenters. The molecule has 1 fully saturated rings. The molecule has 1 aliphatic heterocycles. The van der Waals surface area contributed by atoms with Crippen LogP contribution in [0.2, 0.25) is 0 Å². The Morgan fingerprint density at radius 1 is 1.10 bits per heavy atom. The molecule has 0 bridgehead atoms. The van der Waals surface area contributed by atoms with Gasteiger partial charge in [-0.1, -0.05) is 57.2 Å². The van der Waals surface area contributed by atoms with Gasteiger partial charge in [0, 0.05) is 19.0 Å². The summed E-state index contributed by atoms with van der Waals surface area (Å²) in [5.74, 6) is -0.848. The number of piperidine rings is 1. The van der Waals surface area contributed by atoms with Gasteiger partial charge in [-0.2, -0.15) is 4.31 Å². The van der Waals surface area contributed by atoms with Crippen LogP contribution in [0.1, 0.15) is 50.8 Å². The third kappa shape index (κ3) is 5.33. The fourth-order valence-electron chi connectivity index (χ4n) is 4.02. The normalized spacial score (nSPS) is 16.9. The highest BCUT2D eigenvalue weighted by Crippen LogP contribution is 2.27. The molecule has 1 atom stereocenters. The van der Waals surface area contributed by atoms with Crippen LogP contribution in [0.15, 0.2) is 53.4 Å². The fraction of sp³-hybridized carbons (Fsp3) is 0.458. The minimum Gasteiger partial charge on any atom is -0.349 e. The zero-order valence-electron chi connectivity index (χ0n) is 18.3. The molecule has 0 aliphatic carbocycles. The summed E-state index contributed by atoms with van der Waals surface area (Å²) in [6.07, 6.45) is 1.80. The third-order valence-electron chi connectivity index (χ3n) is 5.99. The van der Waals surface area contributed by atoms with E-state index in [0.29, 0.717) is 12.8 Å². The van der Waals surface area contributed by atoms with Gasteiger partial charge in [0.25, 0.3) is 0 Å². The van der Waals surface area contributed by atoms with Crippen molar-refractivity contribution in [1.29, 1.82) is 0 Å². The summed E-state index contributed by atoms with van der Waals surface area (Å²) in [4.78, 5) is 12.6. The van der Waals surface area contributed by atoms with Gasteiger partial charge in [-0.05, 0) is 48.4 Å². The highest BCUT2D eigenvalue weighted by atomic mass is 32.2. The monoisotopic (exact) mass is 446 g/mol. The van der Waals surface area contributed by atoms with Gasteiger partial charge in [0.2, 0.25) is 15.9 Å². The second-order valence-electron chi connectivity index (χ2n) is 8.43. The molecule has 7 heteroatoms. The number of hydrogen-bond donors (Lipinski definition) is 1. The van der Waals surface area contributed by atoms with Crippen LogP contribution in [0.5, 0.6) is 0 Å². The molecule has 1 N–H and O–H groups in total. The topological polar surface area (TPSA) is 66.5 Å². The van der Waals surface area contributed by atoms with E-state index in [9.17, 15) is 17.6 Å². The quantitative estimate of drug-likeness (QED) is 0.690.